The monoisotopic (exact) mass is 312 g/mol. The lowest BCUT2D eigenvalue weighted by Crippen LogP contribution is -2.29. The van der Waals surface area contributed by atoms with Crippen molar-refractivity contribution in [3.63, 3.8) is 0 Å². The summed E-state index contributed by atoms with van der Waals surface area (Å²) in [5, 5.41) is 3.98. The van der Waals surface area contributed by atoms with Gasteiger partial charge in [0, 0.05) is 24.3 Å². The van der Waals surface area contributed by atoms with Crippen LogP contribution in [0.5, 0.6) is 0 Å². The van der Waals surface area contributed by atoms with E-state index >= 15 is 0 Å². The number of amides is 1. The molecule has 18 heavy (non-hydrogen) atoms. The van der Waals surface area contributed by atoms with Gasteiger partial charge < -0.3 is 5.32 Å². The molecule has 1 atom stereocenters. The van der Waals surface area contributed by atoms with Gasteiger partial charge in [-0.15, -0.1) is 0 Å². The molecule has 0 aliphatic carbocycles. The van der Waals surface area contributed by atoms with Crippen molar-refractivity contribution in [2.24, 2.45) is 5.92 Å². The smallest absolute Gasteiger partial charge is 0.252 e. The number of nitrogens with one attached hydrogen (secondary N) is 1. The maximum absolute atomic E-state index is 11.9. The van der Waals surface area contributed by atoms with E-state index in [0.717, 1.165) is 36.7 Å². The van der Waals surface area contributed by atoms with Crippen LogP contribution in [0.2, 0.25) is 0 Å². The van der Waals surface area contributed by atoms with Crippen molar-refractivity contribution in [2.75, 3.05) is 11.9 Å². The summed E-state index contributed by atoms with van der Waals surface area (Å²) in [5.74, 6) is 0.526. The van der Waals surface area contributed by atoms with Crippen molar-refractivity contribution in [3.05, 3.63) is 29.6 Å². The number of pyridine rings is 1. The minimum Gasteiger partial charge on any atom is -0.352 e. The van der Waals surface area contributed by atoms with Gasteiger partial charge in [0.15, 0.2) is 0 Å². The van der Waals surface area contributed by atoms with Gasteiger partial charge in [-0.3, -0.25) is 9.78 Å². The minimum absolute atomic E-state index is 0.0260. The van der Waals surface area contributed by atoms with Gasteiger partial charge in [0.25, 0.3) is 5.91 Å². The van der Waals surface area contributed by atoms with Crippen LogP contribution >= 0.6 is 15.9 Å². The van der Waals surface area contributed by atoms with E-state index in [2.05, 4.69) is 33.2 Å². The zero-order valence-corrected chi connectivity index (χ0v) is 12.7. The molecule has 0 radical (unpaired) electrons. The zero-order chi connectivity index (χ0) is 13.4. The summed E-state index contributed by atoms with van der Waals surface area (Å²) >= 11 is 3.46. The fourth-order valence-corrected chi connectivity index (χ4v) is 2.58. The van der Waals surface area contributed by atoms with Gasteiger partial charge in [0.2, 0.25) is 0 Å². The molecule has 0 saturated heterocycles. The zero-order valence-electron chi connectivity index (χ0n) is 11.1. The molecule has 0 bridgehead atoms. The second-order valence-corrected chi connectivity index (χ2v) is 5.39. The fourth-order valence-electron chi connectivity index (χ4n) is 1.93. The van der Waals surface area contributed by atoms with E-state index in [1.165, 1.54) is 0 Å². The van der Waals surface area contributed by atoms with Crippen molar-refractivity contribution in [1.82, 2.24) is 10.3 Å². The summed E-state index contributed by atoms with van der Waals surface area (Å²) in [6, 6.07) is 1.86. The van der Waals surface area contributed by atoms with E-state index in [4.69, 9.17) is 0 Å². The summed E-state index contributed by atoms with van der Waals surface area (Å²) in [4.78, 5) is 16.0. The summed E-state index contributed by atoms with van der Waals surface area (Å²) in [5.41, 5.74) is 1.65. The van der Waals surface area contributed by atoms with Crippen LogP contribution in [0.3, 0.4) is 0 Å². The maximum atomic E-state index is 11.9. The Morgan fingerprint density at radius 1 is 1.44 bits per heavy atom. The number of aryl methyl sites for hydroxylation is 1. The third kappa shape index (κ3) is 5.17. The van der Waals surface area contributed by atoms with E-state index in [1.807, 2.05) is 13.0 Å². The highest BCUT2D eigenvalue weighted by atomic mass is 79.9. The Kier molecular flexibility index (Phi) is 6.94. The lowest BCUT2D eigenvalue weighted by Gasteiger charge is -2.15. The van der Waals surface area contributed by atoms with E-state index in [-0.39, 0.29) is 5.91 Å². The molecule has 0 aliphatic heterocycles. The molecule has 1 aromatic rings. The quantitative estimate of drug-likeness (QED) is 0.785. The Morgan fingerprint density at radius 2 is 2.22 bits per heavy atom. The molecular weight excluding hydrogens is 292 g/mol. The molecule has 3 nitrogen and oxygen atoms in total. The van der Waals surface area contributed by atoms with Crippen LogP contribution in [-0.2, 0) is 0 Å². The Hall–Kier alpha value is -0.900. The van der Waals surface area contributed by atoms with Crippen LogP contribution in [0, 0.1) is 12.8 Å². The standard InChI is InChI=1S/C14H21BrN2O/c1-3-4-12(5-6-15)9-17-14(18)13-7-11(2)8-16-10-13/h7-8,10,12H,3-6,9H2,1-2H3,(H,17,18). The van der Waals surface area contributed by atoms with Crippen molar-refractivity contribution in [3.8, 4) is 0 Å². The molecule has 100 valence electrons. The predicted molar refractivity (Wildman–Crippen MR) is 78.1 cm³/mol. The highest BCUT2D eigenvalue weighted by Crippen LogP contribution is 2.12. The molecule has 0 aromatic carbocycles. The number of rotatable bonds is 7. The first-order chi connectivity index (χ1) is 8.67. The predicted octanol–water partition coefficient (Wildman–Crippen LogP) is 3.32. The first kappa shape index (κ1) is 15.2. The number of hydrogen-bond acceptors (Lipinski definition) is 2. The third-order valence-corrected chi connectivity index (χ3v) is 3.36. The van der Waals surface area contributed by atoms with Gasteiger partial charge in [0.1, 0.15) is 0 Å². The largest absolute Gasteiger partial charge is 0.352 e. The van der Waals surface area contributed by atoms with E-state index in [1.54, 1.807) is 12.4 Å². The van der Waals surface area contributed by atoms with Gasteiger partial charge in [-0.05, 0) is 37.3 Å². The number of nitrogens with zero attached hydrogens (tertiary/aromatic N) is 1. The van der Waals surface area contributed by atoms with Crippen molar-refractivity contribution in [2.45, 2.75) is 33.1 Å². The van der Waals surface area contributed by atoms with Crippen molar-refractivity contribution >= 4 is 21.8 Å². The van der Waals surface area contributed by atoms with Gasteiger partial charge in [0.05, 0.1) is 5.56 Å². The Labute approximate surface area is 118 Å². The number of alkyl halides is 1. The molecule has 1 heterocycles. The summed E-state index contributed by atoms with van der Waals surface area (Å²) < 4.78 is 0. The van der Waals surface area contributed by atoms with E-state index in [9.17, 15) is 4.79 Å². The first-order valence-electron chi connectivity index (χ1n) is 6.43. The molecule has 4 heteroatoms. The summed E-state index contributed by atoms with van der Waals surface area (Å²) in [7, 11) is 0. The van der Waals surface area contributed by atoms with Crippen molar-refractivity contribution in [1.29, 1.82) is 0 Å². The van der Waals surface area contributed by atoms with Crippen LogP contribution in [0.1, 0.15) is 42.1 Å². The molecule has 1 amide bonds. The van der Waals surface area contributed by atoms with Gasteiger partial charge in [-0.25, -0.2) is 0 Å². The maximum Gasteiger partial charge on any atom is 0.252 e. The van der Waals surface area contributed by atoms with Crippen LogP contribution in [0.4, 0.5) is 0 Å². The molecule has 1 N–H and O–H groups in total. The van der Waals surface area contributed by atoms with Crippen molar-refractivity contribution < 1.29 is 4.79 Å². The Morgan fingerprint density at radius 3 is 2.83 bits per heavy atom. The average Bonchev–Trinajstić information content (AvgIpc) is 2.36. The highest BCUT2D eigenvalue weighted by molar-refractivity contribution is 9.09. The highest BCUT2D eigenvalue weighted by Gasteiger charge is 2.10. The van der Waals surface area contributed by atoms with Crippen LogP contribution in [-0.4, -0.2) is 22.8 Å². The lowest BCUT2D eigenvalue weighted by atomic mass is 10.0. The molecule has 1 rings (SSSR count). The molecular formula is C14H21BrN2O. The molecule has 1 aromatic heterocycles. The number of carbonyl (C=O) groups is 1. The molecule has 0 aliphatic rings. The minimum atomic E-state index is -0.0260. The topological polar surface area (TPSA) is 42.0 Å². The van der Waals surface area contributed by atoms with E-state index in [0.29, 0.717) is 11.5 Å². The Balaban J connectivity index is 2.49. The van der Waals surface area contributed by atoms with Gasteiger partial charge in [-0.1, -0.05) is 29.3 Å². The number of hydrogen-bond donors (Lipinski definition) is 1. The van der Waals surface area contributed by atoms with Gasteiger partial charge >= 0.3 is 0 Å². The number of halogens is 1. The average molecular weight is 313 g/mol. The van der Waals surface area contributed by atoms with E-state index < -0.39 is 0 Å². The van der Waals surface area contributed by atoms with Gasteiger partial charge in [-0.2, -0.15) is 0 Å². The second-order valence-electron chi connectivity index (χ2n) is 4.59. The lowest BCUT2D eigenvalue weighted by molar-refractivity contribution is 0.0945. The molecule has 0 spiro atoms. The number of carbonyl (C=O) groups excluding carboxylic acids is 1. The Bertz CT molecular complexity index is 376. The third-order valence-electron chi connectivity index (χ3n) is 2.90. The molecule has 0 saturated carbocycles. The fraction of sp³-hybridized carbons (Fsp3) is 0.571. The SMILES string of the molecule is CCCC(CCBr)CNC(=O)c1cncc(C)c1. The first-order valence-corrected chi connectivity index (χ1v) is 7.55. The van der Waals surface area contributed by atoms with Crippen LogP contribution < -0.4 is 5.32 Å². The van der Waals surface area contributed by atoms with Crippen LogP contribution in [0.25, 0.3) is 0 Å². The van der Waals surface area contributed by atoms with Crippen LogP contribution in [0.15, 0.2) is 18.5 Å². The normalized spacial score (nSPS) is 12.2. The molecule has 1 unspecified atom stereocenters. The summed E-state index contributed by atoms with van der Waals surface area (Å²) in [6.07, 6.45) is 6.76. The molecule has 0 fully saturated rings. The number of aromatic nitrogens is 1. The second kappa shape index (κ2) is 8.25. The summed E-state index contributed by atoms with van der Waals surface area (Å²) in [6.45, 7) is 4.86.